The molecule has 5 rings (SSSR count). The highest BCUT2D eigenvalue weighted by Crippen LogP contribution is 2.55. The first-order valence-electron chi connectivity index (χ1n) is 9.86. The molecular weight excluding hydrogens is 346 g/mol. The van der Waals surface area contributed by atoms with Crippen molar-refractivity contribution < 1.29 is 9.90 Å². The maximum atomic E-state index is 13.1. The van der Waals surface area contributed by atoms with Gasteiger partial charge in [-0.25, -0.2) is 4.98 Å². The summed E-state index contributed by atoms with van der Waals surface area (Å²) in [6.07, 6.45) is 6.01. The van der Waals surface area contributed by atoms with Gasteiger partial charge in [0.2, 0.25) is 0 Å². The van der Waals surface area contributed by atoms with Gasteiger partial charge in [-0.1, -0.05) is 6.92 Å². The fraction of sp³-hybridized carbons (Fsp3) is 0.700. The zero-order valence-electron chi connectivity index (χ0n) is 15.6. The van der Waals surface area contributed by atoms with E-state index in [-0.39, 0.29) is 11.9 Å². The van der Waals surface area contributed by atoms with Gasteiger partial charge in [0.05, 0.1) is 11.2 Å². The molecule has 0 spiro atoms. The molecule has 0 aromatic carbocycles. The average molecular weight is 376 g/mol. The van der Waals surface area contributed by atoms with Gasteiger partial charge in [0, 0.05) is 13.1 Å². The molecule has 4 fully saturated rings. The number of hydrogen-bond acceptors (Lipinski definition) is 5. The summed E-state index contributed by atoms with van der Waals surface area (Å²) in [5, 5.41) is 17.9. The lowest BCUT2D eigenvalue weighted by atomic mass is 9.52. The summed E-state index contributed by atoms with van der Waals surface area (Å²) in [6, 6.07) is 3.95. The van der Waals surface area contributed by atoms with E-state index in [1.54, 1.807) is 11.8 Å². The predicted molar refractivity (Wildman–Crippen MR) is 105 cm³/mol. The number of anilines is 1. The second-order valence-corrected chi connectivity index (χ2v) is 9.42. The van der Waals surface area contributed by atoms with Crippen molar-refractivity contribution in [3.63, 3.8) is 0 Å². The molecule has 2 unspecified atom stereocenters. The molecule has 0 aliphatic heterocycles. The first-order valence-corrected chi connectivity index (χ1v) is 10.8. The average Bonchev–Trinajstić information content (AvgIpc) is 2.61. The number of aromatic nitrogens is 1. The highest BCUT2D eigenvalue weighted by atomic mass is 32.2. The minimum absolute atomic E-state index is 0.0109. The Bertz CT molecular complexity index is 680. The Morgan fingerprint density at radius 3 is 2.65 bits per heavy atom. The fourth-order valence-corrected chi connectivity index (χ4v) is 6.38. The predicted octanol–water partition coefficient (Wildman–Crippen LogP) is 3.29. The molecule has 0 radical (unpaired) electrons. The number of rotatable bonds is 6. The van der Waals surface area contributed by atoms with Gasteiger partial charge in [-0.3, -0.25) is 4.79 Å². The molecule has 3 N–H and O–H groups in total. The molecule has 4 bridgehead atoms. The van der Waals surface area contributed by atoms with E-state index in [0.29, 0.717) is 23.3 Å². The van der Waals surface area contributed by atoms with Crippen molar-refractivity contribution in [3.8, 4) is 0 Å². The molecule has 4 saturated carbocycles. The quantitative estimate of drug-likeness (QED) is 0.665. The van der Waals surface area contributed by atoms with Crippen LogP contribution in [-0.2, 0) is 0 Å². The van der Waals surface area contributed by atoms with E-state index in [9.17, 15) is 9.90 Å². The summed E-state index contributed by atoms with van der Waals surface area (Å²) in [5.41, 5.74) is 0.213. The second kappa shape index (κ2) is 7.04. The largest absolute Gasteiger partial charge is 0.390 e. The van der Waals surface area contributed by atoms with Crippen LogP contribution >= 0.6 is 11.8 Å². The third-order valence-electron chi connectivity index (χ3n) is 6.34. The lowest BCUT2D eigenvalue weighted by molar-refractivity contribution is -0.136. The number of amides is 1. The molecule has 6 heteroatoms. The monoisotopic (exact) mass is 375 g/mol. The first kappa shape index (κ1) is 18.1. The second-order valence-electron chi connectivity index (χ2n) is 8.34. The van der Waals surface area contributed by atoms with Crippen LogP contribution in [0.2, 0.25) is 0 Å². The van der Waals surface area contributed by atoms with Gasteiger partial charge < -0.3 is 15.7 Å². The molecule has 26 heavy (non-hydrogen) atoms. The third kappa shape index (κ3) is 3.33. The smallest absolute Gasteiger partial charge is 0.254 e. The number of thioether (sulfide) groups is 1. The summed E-state index contributed by atoms with van der Waals surface area (Å²) in [5.74, 6) is 3.22. The number of carbonyl (C=O) groups excluding carboxylic acids is 1. The number of nitrogens with one attached hydrogen (secondary N) is 2. The van der Waals surface area contributed by atoms with Crippen LogP contribution in [0.15, 0.2) is 17.2 Å². The van der Waals surface area contributed by atoms with Crippen molar-refractivity contribution in [1.82, 2.24) is 10.3 Å². The van der Waals surface area contributed by atoms with E-state index in [0.717, 1.165) is 55.1 Å². The van der Waals surface area contributed by atoms with Crippen LogP contribution < -0.4 is 10.6 Å². The Labute approximate surface area is 159 Å². The molecule has 0 saturated heterocycles. The normalized spacial score (nSPS) is 34.7. The number of nitrogens with zero attached hydrogens (tertiary/aromatic N) is 1. The number of pyridine rings is 1. The number of aliphatic hydroxyl groups is 1. The standard InChI is InChI=1S/C20H29N3O2S/c1-3-6-26-19-15(4-5-16(21-2)22-19)18(24)23-17-13-7-12-8-14(17)11-20(25,9-12)10-13/h4-5,12-14,17,25H,3,6-11H2,1-2H3,(H,21,22)(H,23,24). The molecular formula is C20H29N3O2S. The van der Waals surface area contributed by atoms with E-state index in [4.69, 9.17) is 0 Å². The minimum Gasteiger partial charge on any atom is -0.390 e. The van der Waals surface area contributed by atoms with Crippen LogP contribution in [0.25, 0.3) is 0 Å². The minimum atomic E-state index is -0.462. The molecule has 1 heterocycles. The summed E-state index contributed by atoms with van der Waals surface area (Å²) in [4.78, 5) is 17.6. The zero-order valence-corrected chi connectivity index (χ0v) is 16.4. The Morgan fingerprint density at radius 1 is 1.31 bits per heavy atom. The van der Waals surface area contributed by atoms with Crippen LogP contribution in [0.4, 0.5) is 5.82 Å². The Kier molecular flexibility index (Phi) is 4.90. The van der Waals surface area contributed by atoms with Crippen LogP contribution in [0.5, 0.6) is 0 Å². The van der Waals surface area contributed by atoms with Crippen molar-refractivity contribution in [2.24, 2.45) is 17.8 Å². The van der Waals surface area contributed by atoms with Crippen LogP contribution in [-0.4, -0.2) is 40.4 Å². The van der Waals surface area contributed by atoms with E-state index in [1.165, 1.54) is 0 Å². The van der Waals surface area contributed by atoms with Gasteiger partial charge in [0.15, 0.2) is 0 Å². The van der Waals surface area contributed by atoms with E-state index in [1.807, 2.05) is 19.2 Å². The number of hydrogen-bond donors (Lipinski definition) is 3. The molecule has 1 aromatic heterocycles. The zero-order chi connectivity index (χ0) is 18.3. The van der Waals surface area contributed by atoms with E-state index >= 15 is 0 Å². The summed E-state index contributed by atoms with van der Waals surface area (Å²) in [7, 11) is 1.84. The van der Waals surface area contributed by atoms with Gasteiger partial charge in [-0.05, 0) is 74.2 Å². The first-order chi connectivity index (χ1) is 12.5. The highest BCUT2D eigenvalue weighted by Gasteiger charge is 2.55. The summed E-state index contributed by atoms with van der Waals surface area (Å²) < 4.78 is 0. The summed E-state index contributed by atoms with van der Waals surface area (Å²) >= 11 is 1.64. The molecule has 1 amide bonds. The Morgan fingerprint density at radius 2 is 2.04 bits per heavy atom. The molecule has 1 aromatic rings. The highest BCUT2D eigenvalue weighted by molar-refractivity contribution is 7.99. The topological polar surface area (TPSA) is 74.2 Å². The lowest BCUT2D eigenvalue weighted by Gasteiger charge is -2.58. The van der Waals surface area contributed by atoms with Gasteiger partial charge >= 0.3 is 0 Å². The Balaban J connectivity index is 1.52. The molecule has 4 aliphatic carbocycles. The maximum Gasteiger partial charge on any atom is 0.254 e. The van der Waals surface area contributed by atoms with Gasteiger partial charge in [0.25, 0.3) is 5.91 Å². The van der Waals surface area contributed by atoms with Crippen LogP contribution in [0.1, 0.15) is 55.8 Å². The molecule has 2 atom stereocenters. The van der Waals surface area contributed by atoms with Crippen LogP contribution in [0, 0.1) is 17.8 Å². The van der Waals surface area contributed by atoms with Gasteiger partial charge in [-0.2, -0.15) is 0 Å². The van der Waals surface area contributed by atoms with Crippen molar-refractivity contribution in [2.45, 2.75) is 62.1 Å². The van der Waals surface area contributed by atoms with Crippen LogP contribution in [0.3, 0.4) is 0 Å². The van der Waals surface area contributed by atoms with Gasteiger partial charge in [0.1, 0.15) is 10.8 Å². The Hall–Kier alpha value is -1.27. The van der Waals surface area contributed by atoms with Gasteiger partial charge in [-0.15, -0.1) is 11.8 Å². The molecule has 4 aliphatic rings. The molecule has 5 nitrogen and oxygen atoms in total. The van der Waals surface area contributed by atoms with Crippen molar-refractivity contribution >= 4 is 23.5 Å². The van der Waals surface area contributed by atoms with Crippen molar-refractivity contribution in [2.75, 3.05) is 18.1 Å². The third-order valence-corrected chi connectivity index (χ3v) is 7.54. The molecule has 142 valence electrons. The summed E-state index contributed by atoms with van der Waals surface area (Å²) in [6.45, 7) is 2.13. The van der Waals surface area contributed by atoms with Crippen molar-refractivity contribution in [1.29, 1.82) is 0 Å². The number of carbonyl (C=O) groups is 1. The van der Waals surface area contributed by atoms with E-state index in [2.05, 4.69) is 22.5 Å². The SMILES string of the molecule is CCCSc1nc(NC)ccc1C(=O)NC1C2CC3CC1CC(O)(C3)C2. The maximum absolute atomic E-state index is 13.1. The fourth-order valence-electron chi connectivity index (χ4n) is 5.51. The van der Waals surface area contributed by atoms with E-state index < -0.39 is 5.60 Å². The lowest BCUT2D eigenvalue weighted by Crippen LogP contribution is -2.61. The van der Waals surface area contributed by atoms with Crippen molar-refractivity contribution in [3.05, 3.63) is 17.7 Å².